The molecule has 0 saturated carbocycles. The first-order valence-corrected chi connectivity index (χ1v) is 9.95. The van der Waals surface area contributed by atoms with Gasteiger partial charge in [0.2, 0.25) is 0 Å². The van der Waals surface area contributed by atoms with Crippen LogP contribution in [0.3, 0.4) is 0 Å². The molecule has 1 unspecified atom stereocenters. The molecule has 30 heavy (non-hydrogen) atoms. The third kappa shape index (κ3) is 4.39. The Morgan fingerprint density at radius 3 is 2.47 bits per heavy atom. The number of aliphatic carboxylic acids is 1. The van der Waals surface area contributed by atoms with E-state index in [4.69, 9.17) is 9.47 Å². The quantitative estimate of drug-likeness (QED) is 0.545. The van der Waals surface area contributed by atoms with Gasteiger partial charge in [0.1, 0.15) is 27.8 Å². The minimum absolute atomic E-state index is 0.360. The number of thioether (sulfide) groups is 1. The molecule has 0 bridgehead atoms. The van der Waals surface area contributed by atoms with E-state index in [0.717, 1.165) is 17.3 Å². The van der Waals surface area contributed by atoms with E-state index in [1.807, 2.05) is 19.1 Å². The number of benzene rings is 2. The van der Waals surface area contributed by atoms with E-state index in [2.05, 4.69) is 11.1 Å². The molecule has 3 aromatic rings. The highest BCUT2D eigenvalue weighted by atomic mass is 32.2. The van der Waals surface area contributed by atoms with Crippen LogP contribution in [0, 0.1) is 18.3 Å². The summed E-state index contributed by atoms with van der Waals surface area (Å²) in [6.45, 7) is 1.81. The molecule has 7 heteroatoms. The summed E-state index contributed by atoms with van der Waals surface area (Å²) in [5.74, 6) is 0.215. The molecule has 0 fully saturated rings. The van der Waals surface area contributed by atoms with Crippen molar-refractivity contribution >= 4 is 17.7 Å². The summed E-state index contributed by atoms with van der Waals surface area (Å²) < 4.78 is 10.7. The van der Waals surface area contributed by atoms with Crippen LogP contribution in [-0.4, -0.2) is 30.3 Å². The Labute approximate surface area is 179 Å². The molecule has 0 aliphatic rings. The second-order valence-corrected chi connectivity index (χ2v) is 7.52. The predicted molar refractivity (Wildman–Crippen MR) is 115 cm³/mol. The fourth-order valence-electron chi connectivity index (χ4n) is 3.01. The first-order chi connectivity index (χ1) is 14.5. The SMILES string of the molecule is COc1ccc(-c2cc(C)c(C#N)c(SC(C(=O)O)c3ccccc3)n2)c(OC)c1. The molecule has 6 nitrogen and oxygen atoms in total. The fraction of sp³-hybridized carbons (Fsp3) is 0.174. The molecule has 0 spiro atoms. The molecule has 0 radical (unpaired) electrons. The molecular weight excluding hydrogens is 400 g/mol. The van der Waals surface area contributed by atoms with Gasteiger partial charge in [0, 0.05) is 11.6 Å². The standard InChI is InChI=1S/C23H20N2O4S/c1-14-11-19(17-10-9-16(28-2)12-20(17)29-3)25-22(18(14)13-24)30-21(23(26)27)15-7-5-4-6-8-15/h4-12,21H,1-3H3,(H,26,27). The number of rotatable bonds is 7. The summed E-state index contributed by atoms with van der Waals surface area (Å²) in [5, 5.41) is 18.9. The van der Waals surface area contributed by atoms with Gasteiger partial charge in [0.15, 0.2) is 0 Å². The van der Waals surface area contributed by atoms with Crippen LogP contribution < -0.4 is 9.47 Å². The molecule has 0 aliphatic heterocycles. The van der Waals surface area contributed by atoms with E-state index < -0.39 is 11.2 Å². The molecule has 1 heterocycles. The lowest BCUT2D eigenvalue weighted by Gasteiger charge is -2.16. The van der Waals surface area contributed by atoms with Crippen LogP contribution >= 0.6 is 11.8 Å². The van der Waals surface area contributed by atoms with Gasteiger partial charge >= 0.3 is 5.97 Å². The molecule has 0 saturated heterocycles. The zero-order valence-corrected chi connectivity index (χ0v) is 17.6. The molecule has 1 N–H and O–H groups in total. The van der Waals surface area contributed by atoms with Crippen LogP contribution in [0.5, 0.6) is 11.5 Å². The van der Waals surface area contributed by atoms with E-state index in [1.54, 1.807) is 56.7 Å². The van der Waals surface area contributed by atoms with Gasteiger partial charge in [0.05, 0.1) is 25.5 Å². The average Bonchev–Trinajstić information content (AvgIpc) is 2.77. The fourth-order valence-corrected chi connectivity index (χ4v) is 4.11. The number of aryl methyl sites for hydroxylation is 1. The largest absolute Gasteiger partial charge is 0.497 e. The number of carboxylic acids is 1. The minimum Gasteiger partial charge on any atom is -0.497 e. The summed E-state index contributed by atoms with van der Waals surface area (Å²) in [4.78, 5) is 16.6. The minimum atomic E-state index is -0.998. The first-order valence-electron chi connectivity index (χ1n) is 9.07. The predicted octanol–water partition coefficient (Wildman–Crippen LogP) is 4.86. The van der Waals surface area contributed by atoms with Crippen LogP contribution in [0.2, 0.25) is 0 Å². The summed E-state index contributed by atoms with van der Waals surface area (Å²) in [7, 11) is 3.13. The average molecular weight is 420 g/mol. The van der Waals surface area contributed by atoms with Crippen molar-refractivity contribution in [3.8, 4) is 28.8 Å². The first kappa shape index (κ1) is 21.2. The maximum atomic E-state index is 11.9. The second-order valence-electron chi connectivity index (χ2n) is 6.43. The van der Waals surface area contributed by atoms with E-state index in [9.17, 15) is 15.2 Å². The lowest BCUT2D eigenvalue weighted by Crippen LogP contribution is -2.09. The Morgan fingerprint density at radius 2 is 1.87 bits per heavy atom. The number of ether oxygens (including phenoxy) is 2. The topological polar surface area (TPSA) is 92.4 Å². The van der Waals surface area contributed by atoms with Crippen LogP contribution in [0.15, 0.2) is 59.6 Å². The van der Waals surface area contributed by atoms with Crippen LogP contribution in [0.25, 0.3) is 11.3 Å². The van der Waals surface area contributed by atoms with Gasteiger partial charge in [-0.05, 0) is 36.2 Å². The van der Waals surface area contributed by atoms with Gasteiger partial charge in [0.25, 0.3) is 0 Å². The second kappa shape index (κ2) is 9.33. The summed E-state index contributed by atoms with van der Waals surface area (Å²) >= 11 is 1.05. The number of nitrogens with zero attached hydrogens (tertiary/aromatic N) is 2. The Bertz CT molecular complexity index is 1110. The van der Waals surface area contributed by atoms with Crippen molar-refractivity contribution in [2.45, 2.75) is 17.2 Å². The van der Waals surface area contributed by atoms with Gasteiger partial charge in [-0.25, -0.2) is 4.98 Å². The molecule has 0 aliphatic carbocycles. The lowest BCUT2D eigenvalue weighted by atomic mass is 10.1. The number of carboxylic acid groups (broad SMARTS) is 1. The number of nitriles is 1. The van der Waals surface area contributed by atoms with E-state index in [1.165, 1.54) is 0 Å². The highest BCUT2D eigenvalue weighted by molar-refractivity contribution is 8.00. The van der Waals surface area contributed by atoms with E-state index >= 15 is 0 Å². The van der Waals surface area contributed by atoms with Gasteiger partial charge < -0.3 is 14.6 Å². The van der Waals surface area contributed by atoms with Crippen molar-refractivity contribution in [1.82, 2.24) is 4.98 Å². The lowest BCUT2D eigenvalue weighted by molar-refractivity contribution is -0.136. The molecule has 2 aromatic carbocycles. The summed E-state index contributed by atoms with van der Waals surface area (Å²) in [6.07, 6.45) is 0. The van der Waals surface area contributed by atoms with Gasteiger partial charge in [-0.15, -0.1) is 0 Å². The molecule has 3 rings (SSSR count). The van der Waals surface area contributed by atoms with Crippen molar-refractivity contribution in [2.24, 2.45) is 0 Å². The molecule has 1 atom stereocenters. The van der Waals surface area contributed by atoms with Crippen molar-refractivity contribution in [1.29, 1.82) is 5.26 Å². The van der Waals surface area contributed by atoms with Crippen LogP contribution in [-0.2, 0) is 4.79 Å². The zero-order valence-electron chi connectivity index (χ0n) is 16.7. The third-order valence-electron chi connectivity index (χ3n) is 4.54. The Balaban J connectivity index is 2.11. The van der Waals surface area contributed by atoms with Gasteiger partial charge in [-0.3, -0.25) is 4.79 Å². The molecule has 1 aromatic heterocycles. The number of aromatic nitrogens is 1. The van der Waals surface area contributed by atoms with Gasteiger partial charge in [-0.2, -0.15) is 5.26 Å². The number of hydrogen-bond acceptors (Lipinski definition) is 6. The monoisotopic (exact) mass is 420 g/mol. The van der Waals surface area contributed by atoms with Crippen molar-refractivity contribution < 1.29 is 19.4 Å². The maximum Gasteiger partial charge on any atom is 0.321 e. The molecule has 0 amide bonds. The molecule has 152 valence electrons. The Kier molecular flexibility index (Phi) is 6.60. The van der Waals surface area contributed by atoms with Gasteiger partial charge in [-0.1, -0.05) is 42.1 Å². The zero-order chi connectivity index (χ0) is 21.7. The molecular formula is C23H20N2O4S. The van der Waals surface area contributed by atoms with Crippen LogP contribution in [0.4, 0.5) is 0 Å². The van der Waals surface area contributed by atoms with E-state index in [0.29, 0.717) is 38.9 Å². The normalized spacial score (nSPS) is 11.4. The number of pyridine rings is 1. The summed E-state index contributed by atoms with van der Waals surface area (Å²) in [6, 6.07) is 18.2. The third-order valence-corrected chi connectivity index (χ3v) is 5.76. The maximum absolute atomic E-state index is 11.9. The number of carbonyl (C=O) groups is 1. The van der Waals surface area contributed by atoms with Crippen molar-refractivity contribution in [2.75, 3.05) is 14.2 Å². The van der Waals surface area contributed by atoms with Crippen LogP contribution in [0.1, 0.15) is 21.9 Å². The van der Waals surface area contributed by atoms with E-state index in [-0.39, 0.29) is 0 Å². The Hall–Kier alpha value is -3.50. The smallest absolute Gasteiger partial charge is 0.321 e. The number of methoxy groups -OCH3 is 2. The Morgan fingerprint density at radius 1 is 1.13 bits per heavy atom. The highest BCUT2D eigenvalue weighted by Gasteiger charge is 2.25. The van der Waals surface area contributed by atoms with Crippen molar-refractivity contribution in [3.05, 3.63) is 71.3 Å². The highest BCUT2D eigenvalue weighted by Crippen LogP contribution is 2.40. The number of hydrogen-bond donors (Lipinski definition) is 1. The van der Waals surface area contributed by atoms with Crippen molar-refractivity contribution in [3.63, 3.8) is 0 Å². The summed E-state index contributed by atoms with van der Waals surface area (Å²) in [5.41, 5.74) is 3.01.